The van der Waals surface area contributed by atoms with Crippen LogP contribution >= 0.6 is 0 Å². The average Bonchev–Trinajstić information content (AvgIpc) is 2.68. The van der Waals surface area contributed by atoms with Gasteiger partial charge < -0.3 is 25.0 Å². The van der Waals surface area contributed by atoms with Crippen molar-refractivity contribution in [3.63, 3.8) is 0 Å². The Morgan fingerprint density at radius 3 is 2.19 bits per heavy atom. The number of hydrogen-bond donors (Lipinski definition) is 2. The molecule has 2 aromatic carbocycles. The highest BCUT2D eigenvalue weighted by atomic mass is 16.5. The van der Waals surface area contributed by atoms with Crippen molar-refractivity contribution in [2.45, 2.75) is 19.6 Å². The highest BCUT2D eigenvalue weighted by Gasteiger charge is 2.06. The maximum atomic E-state index is 5.44. The molecular formula is C21H30N4O2. The molecule has 0 bridgehead atoms. The van der Waals surface area contributed by atoms with Gasteiger partial charge >= 0.3 is 0 Å². The number of benzene rings is 2. The summed E-state index contributed by atoms with van der Waals surface area (Å²) in [5.41, 5.74) is 3.55. The van der Waals surface area contributed by atoms with Crippen molar-refractivity contribution in [3.8, 4) is 11.5 Å². The predicted octanol–water partition coefficient (Wildman–Crippen LogP) is 2.63. The molecule has 2 N–H and O–H groups in total. The van der Waals surface area contributed by atoms with E-state index in [-0.39, 0.29) is 0 Å². The Bertz CT molecular complexity index is 742. The lowest BCUT2D eigenvalue weighted by Crippen LogP contribution is -2.36. The summed E-state index contributed by atoms with van der Waals surface area (Å²) in [7, 11) is 9.21. The smallest absolute Gasteiger partial charge is 0.191 e. The standard InChI is InChI=1S/C21H30N4O2/c1-22-21(23-13-16-6-8-17(9-7-16)15-25(2)3)24-14-18-10-11-19(26-4)12-20(18)27-5/h6-12H,13-15H2,1-5H3,(H2,22,23,24). The minimum absolute atomic E-state index is 0.606. The van der Waals surface area contributed by atoms with E-state index in [1.807, 2.05) is 18.2 Å². The van der Waals surface area contributed by atoms with E-state index in [1.165, 1.54) is 11.1 Å². The van der Waals surface area contributed by atoms with Gasteiger partial charge in [0.05, 0.1) is 14.2 Å². The molecule has 0 aliphatic rings. The normalized spacial score (nSPS) is 11.4. The topological polar surface area (TPSA) is 58.1 Å². The third-order valence-corrected chi connectivity index (χ3v) is 4.15. The fourth-order valence-corrected chi connectivity index (χ4v) is 2.71. The number of hydrogen-bond acceptors (Lipinski definition) is 4. The van der Waals surface area contributed by atoms with Crippen molar-refractivity contribution >= 4 is 5.96 Å². The number of methoxy groups -OCH3 is 2. The molecule has 0 radical (unpaired) electrons. The van der Waals surface area contributed by atoms with E-state index in [4.69, 9.17) is 9.47 Å². The Kier molecular flexibility index (Phi) is 7.95. The third kappa shape index (κ3) is 6.49. The second-order valence-electron chi connectivity index (χ2n) is 6.51. The van der Waals surface area contributed by atoms with Gasteiger partial charge in [-0.1, -0.05) is 24.3 Å². The van der Waals surface area contributed by atoms with Crippen LogP contribution in [0.15, 0.2) is 47.5 Å². The first-order valence-electron chi connectivity index (χ1n) is 8.93. The third-order valence-electron chi connectivity index (χ3n) is 4.15. The van der Waals surface area contributed by atoms with Crippen molar-refractivity contribution in [1.29, 1.82) is 0 Å². The van der Waals surface area contributed by atoms with Gasteiger partial charge in [0.25, 0.3) is 0 Å². The lowest BCUT2D eigenvalue weighted by molar-refractivity contribution is 0.390. The van der Waals surface area contributed by atoms with E-state index < -0.39 is 0 Å². The molecule has 6 heteroatoms. The number of aliphatic imine (C=N–C) groups is 1. The van der Waals surface area contributed by atoms with Crippen LogP contribution in [0.3, 0.4) is 0 Å². The Morgan fingerprint density at radius 1 is 0.926 bits per heavy atom. The summed E-state index contributed by atoms with van der Waals surface area (Å²) in [4.78, 5) is 6.45. The number of nitrogens with zero attached hydrogens (tertiary/aromatic N) is 2. The van der Waals surface area contributed by atoms with Crippen LogP contribution < -0.4 is 20.1 Å². The first-order valence-corrected chi connectivity index (χ1v) is 8.93. The Hall–Kier alpha value is -2.73. The van der Waals surface area contributed by atoms with Gasteiger partial charge in [0.15, 0.2) is 5.96 Å². The molecule has 0 aromatic heterocycles. The van der Waals surface area contributed by atoms with Crippen LogP contribution in [0.2, 0.25) is 0 Å². The van der Waals surface area contributed by atoms with Crippen molar-refractivity contribution in [2.75, 3.05) is 35.4 Å². The van der Waals surface area contributed by atoms with Crippen LogP contribution in [0.25, 0.3) is 0 Å². The Labute approximate surface area is 162 Å². The van der Waals surface area contributed by atoms with Gasteiger partial charge in [-0.3, -0.25) is 4.99 Å². The second kappa shape index (κ2) is 10.4. The molecule has 27 heavy (non-hydrogen) atoms. The van der Waals surface area contributed by atoms with Crippen LogP contribution in [-0.2, 0) is 19.6 Å². The lowest BCUT2D eigenvalue weighted by Gasteiger charge is -2.15. The molecule has 6 nitrogen and oxygen atoms in total. The van der Waals surface area contributed by atoms with Gasteiger partial charge in [-0.25, -0.2) is 0 Å². The molecule has 2 rings (SSSR count). The van der Waals surface area contributed by atoms with Crippen molar-refractivity contribution in [1.82, 2.24) is 15.5 Å². The molecular weight excluding hydrogens is 340 g/mol. The Morgan fingerprint density at radius 2 is 1.59 bits per heavy atom. The largest absolute Gasteiger partial charge is 0.497 e. The van der Waals surface area contributed by atoms with E-state index in [0.717, 1.165) is 29.6 Å². The van der Waals surface area contributed by atoms with Gasteiger partial charge in [-0.2, -0.15) is 0 Å². The van der Waals surface area contributed by atoms with Gasteiger partial charge in [0.1, 0.15) is 11.5 Å². The van der Waals surface area contributed by atoms with Crippen molar-refractivity contribution < 1.29 is 9.47 Å². The quantitative estimate of drug-likeness (QED) is 0.553. The number of ether oxygens (including phenoxy) is 2. The van der Waals surface area contributed by atoms with Crippen LogP contribution in [0.1, 0.15) is 16.7 Å². The first-order chi connectivity index (χ1) is 13.0. The average molecular weight is 370 g/mol. The monoisotopic (exact) mass is 370 g/mol. The van der Waals surface area contributed by atoms with E-state index >= 15 is 0 Å². The predicted molar refractivity (Wildman–Crippen MR) is 110 cm³/mol. The zero-order valence-corrected chi connectivity index (χ0v) is 16.9. The minimum Gasteiger partial charge on any atom is -0.497 e. The summed E-state index contributed by atoms with van der Waals surface area (Å²) >= 11 is 0. The second-order valence-corrected chi connectivity index (χ2v) is 6.51. The Balaban J connectivity index is 1.89. The van der Waals surface area contributed by atoms with Crippen LogP contribution in [0.4, 0.5) is 0 Å². The first kappa shape index (κ1) is 20.6. The van der Waals surface area contributed by atoms with Gasteiger partial charge in [0.2, 0.25) is 0 Å². The summed E-state index contributed by atoms with van der Waals surface area (Å²) in [6, 6.07) is 14.4. The molecule has 0 spiro atoms. The fraction of sp³-hybridized carbons (Fsp3) is 0.381. The van der Waals surface area contributed by atoms with Crippen LogP contribution in [0.5, 0.6) is 11.5 Å². The van der Waals surface area contributed by atoms with Gasteiger partial charge in [-0.15, -0.1) is 0 Å². The van der Waals surface area contributed by atoms with E-state index in [2.05, 4.69) is 58.9 Å². The molecule has 0 amide bonds. The highest BCUT2D eigenvalue weighted by Crippen LogP contribution is 2.24. The van der Waals surface area contributed by atoms with Gasteiger partial charge in [0, 0.05) is 38.3 Å². The van der Waals surface area contributed by atoms with Gasteiger partial charge in [-0.05, 0) is 37.4 Å². The molecule has 0 saturated heterocycles. The maximum absolute atomic E-state index is 5.44. The van der Waals surface area contributed by atoms with E-state index in [9.17, 15) is 0 Å². The fourth-order valence-electron chi connectivity index (χ4n) is 2.71. The molecule has 0 heterocycles. The van der Waals surface area contributed by atoms with Crippen molar-refractivity contribution in [2.24, 2.45) is 4.99 Å². The number of rotatable bonds is 8. The number of nitrogens with one attached hydrogen (secondary N) is 2. The van der Waals surface area contributed by atoms with E-state index in [0.29, 0.717) is 13.1 Å². The van der Waals surface area contributed by atoms with E-state index in [1.54, 1.807) is 21.3 Å². The molecule has 0 aliphatic carbocycles. The molecule has 146 valence electrons. The summed E-state index contributed by atoms with van der Waals surface area (Å²) < 4.78 is 10.7. The maximum Gasteiger partial charge on any atom is 0.191 e. The molecule has 2 aromatic rings. The highest BCUT2D eigenvalue weighted by molar-refractivity contribution is 5.79. The summed E-state index contributed by atoms with van der Waals surface area (Å²) in [5.74, 6) is 2.30. The van der Waals surface area contributed by atoms with Crippen LogP contribution in [-0.4, -0.2) is 46.2 Å². The molecule has 0 unspecified atom stereocenters. The summed E-state index contributed by atoms with van der Waals surface area (Å²) in [6.07, 6.45) is 0. The zero-order chi connectivity index (χ0) is 19.6. The molecule has 0 atom stereocenters. The minimum atomic E-state index is 0.606. The lowest BCUT2D eigenvalue weighted by atomic mass is 10.1. The summed E-state index contributed by atoms with van der Waals surface area (Å²) in [5, 5.41) is 6.66. The van der Waals surface area contributed by atoms with Crippen LogP contribution in [0, 0.1) is 0 Å². The molecule has 0 aliphatic heterocycles. The zero-order valence-electron chi connectivity index (χ0n) is 16.9. The summed E-state index contributed by atoms with van der Waals surface area (Å²) in [6.45, 7) is 2.26. The van der Waals surface area contributed by atoms with Crippen molar-refractivity contribution in [3.05, 3.63) is 59.2 Å². The molecule has 0 fully saturated rings. The SMILES string of the molecule is CN=C(NCc1ccc(CN(C)C)cc1)NCc1ccc(OC)cc1OC. The number of guanidine groups is 1. The molecule has 0 saturated carbocycles.